The molecule has 1 amide bonds. The molecule has 5 rings (SSSR count). The quantitative estimate of drug-likeness (QED) is 0.826. The number of aryl methyl sites for hydroxylation is 1. The van der Waals surface area contributed by atoms with E-state index >= 15 is 0 Å². The van der Waals surface area contributed by atoms with E-state index in [9.17, 15) is 4.79 Å². The Bertz CT molecular complexity index is 795. The maximum atomic E-state index is 13.2. The highest BCUT2D eigenvalue weighted by Crippen LogP contribution is 2.30. The van der Waals surface area contributed by atoms with E-state index in [1.807, 2.05) is 37.5 Å². The van der Waals surface area contributed by atoms with Gasteiger partial charge in [-0.1, -0.05) is 11.6 Å². The van der Waals surface area contributed by atoms with Gasteiger partial charge in [0.1, 0.15) is 0 Å². The second-order valence-corrected chi connectivity index (χ2v) is 8.00. The van der Waals surface area contributed by atoms with Gasteiger partial charge in [-0.25, -0.2) is 0 Å². The van der Waals surface area contributed by atoms with Gasteiger partial charge in [-0.15, -0.1) is 0 Å². The lowest BCUT2D eigenvalue weighted by molar-refractivity contribution is 0.0584. The van der Waals surface area contributed by atoms with Crippen molar-refractivity contribution in [1.82, 2.24) is 14.8 Å². The number of carbonyl (C=O) groups excluding carboxylic acids is 1. The summed E-state index contributed by atoms with van der Waals surface area (Å²) in [5.74, 6) is 0.701. The number of hydrogen-bond donors (Lipinski definition) is 0. The number of hydrogen-bond acceptors (Lipinski definition) is 3. The minimum absolute atomic E-state index is 0.152. The van der Waals surface area contributed by atoms with Crippen LogP contribution in [0.3, 0.4) is 0 Å². The molecule has 4 heterocycles. The SMILES string of the molecule is Cc1cc(Cl)ccc1C(=O)N1C[C@H]2CC[C@@H]1CN(Cc1ccncc1)C2. The molecule has 1 aromatic heterocycles. The van der Waals surface area contributed by atoms with Crippen LogP contribution < -0.4 is 0 Å². The van der Waals surface area contributed by atoms with Gasteiger partial charge in [0.15, 0.2) is 0 Å². The van der Waals surface area contributed by atoms with Crippen molar-refractivity contribution >= 4 is 17.5 Å². The lowest BCUT2D eigenvalue weighted by Gasteiger charge is -2.36. The van der Waals surface area contributed by atoms with Crippen molar-refractivity contribution in [3.63, 3.8) is 0 Å². The van der Waals surface area contributed by atoms with E-state index < -0.39 is 0 Å². The summed E-state index contributed by atoms with van der Waals surface area (Å²) in [5, 5.41) is 0.681. The number of aromatic nitrogens is 1. The molecule has 3 fully saturated rings. The van der Waals surface area contributed by atoms with Crippen molar-refractivity contribution in [2.45, 2.75) is 32.4 Å². The van der Waals surface area contributed by atoms with Crippen molar-refractivity contribution in [3.8, 4) is 0 Å². The molecule has 2 bridgehead atoms. The van der Waals surface area contributed by atoms with Crippen LogP contribution in [-0.4, -0.2) is 46.4 Å². The third kappa shape index (κ3) is 3.62. The zero-order valence-corrected chi connectivity index (χ0v) is 15.8. The normalized spacial score (nSPS) is 23.1. The molecule has 0 saturated carbocycles. The highest BCUT2D eigenvalue weighted by atomic mass is 35.5. The van der Waals surface area contributed by atoms with Crippen LogP contribution in [0.4, 0.5) is 0 Å². The summed E-state index contributed by atoms with van der Waals surface area (Å²) >= 11 is 6.06. The van der Waals surface area contributed by atoms with Gasteiger partial charge in [-0.3, -0.25) is 14.7 Å². The third-order valence-corrected chi connectivity index (χ3v) is 5.86. The van der Waals surface area contributed by atoms with Crippen LogP contribution in [0.15, 0.2) is 42.7 Å². The van der Waals surface area contributed by atoms with E-state index in [1.165, 1.54) is 12.0 Å². The first kappa shape index (κ1) is 17.5. The molecular weight excluding hydrogens is 346 g/mol. The molecule has 3 aliphatic rings. The molecule has 0 spiro atoms. The number of fused-ring (bicyclic) bond motifs is 4. The van der Waals surface area contributed by atoms with Gasteiger partial charge >= 0.3 is 0 Å². The largest absolute Gasteiger partial charge is 0.334 e. The van der Waals surface area contributed by atoms with E-state index in [2.05, 4.69) is 26.9 Å². The van der Waals surface area contributed by atoms with Crippen molar-refractivity contribution < 1.29 is 4.79 Å². The Kier molecular flexibility index (Phi) is 4.96. The monoisotopic (exact) mass is 369 g/mol. The summed E-state index contributed by atoms with van der Waals surface area (Å²) in [7, 11) is 0. The molecule has 2 aromatic rings. The molecule has 2 atom stereocenters. The highest BCUT2D eigenvalue weighted by molar-refractivity contribution is 6.30. The standard InChI is InChI=1S/C21H24ClN3O/c1-15-10-18(22)3-5-20(15)21(26)25-13-17-2-4-19(25)14-24(12-17)11-16-6-8-23-9-7-16/h3,5-10,17,19H,2,4,11-14H2,1H3/t17-,19+/m0/s1. The number of pyridine rings is 1. The fourth-order valence-corrected chi connectivity index (χ4v) is 4.55. The Hall–Kier alpha value is -1.91. The third-order valence-electron chi connectivity index (χ3n) is 5.62. The molecule has 3 aliphatic heterocycles. The topological polar surface area (TPSA) is 36.4 Å². The van der Waals surface area contributed by atoms with E-state index in [1.54, 1.807) is 0 Å². The van der Waals surface area contributed by atoms with E-state index in [0.717, 1.165) is 43.7 Å². The van der Waals surface area contributed by atoms with Gasteiger partial charge in [0, 0.05) is 55.2 Å². The van der Waals surface area contributed by atoms with E-state index in [4.69, 9.17) is 11.6 Å². The maximum absolute atomic E-state index is 13.2. The molecule has 0 unspecified atom stereocenters. The number of amides is 1. The minimum Gasteiger partial charge on any atom is -0.334 e. The number of carbonyl (C=O) groups is 1. The van der Waals surface area contributed by atoms with Crippen LogP contribution in [0.5, 0.6) is 0 Å². The van der Waals surface area contributed by atoms with Crippen LogP contribution >= 0.6 is 11.6 Å². The second kappa shape index (κ2) is 7.37. The van der Waals surface area contributed by atoms with Crippen molar-refractivity contribution in [3.05, 3.63) is 64.4 Å². The van der Waals surface area contributed by atoms with Crippen molar-refractivity contribution in [1.29, 1.82) is 0 Å². The number of rotatable bonds is 3. The maximum Gasteiger partial charge on any atom is 0.254 e. The highest BCUT2D eigenvalue weighted by Gasteiger charge is 2.37. The fourth-order valence-electron chi connectivity index (χ4n) is 4.33. The van der Waals surface area contributed by atoms with Gasteiger partial charge in [0.05, 0.1) is 0 Å². The molecule has 0 radical (unpaired) electrons. The molecule has 0 aliphatic carbocycles. The predicted molar refractivity (Wildman–Crippen MR) is 103 cm³/mol. The summed E-state index contributed by atoms with van der Waals surface area (Å²) in [4.78, 5) is 21.9. The van der Waals surface area contributed by atoms with Crippen molar-refractivity contribution in [2.24, 2.45) is 5.92 Å². The van der Waals surface area contributed by atoms with Crippen LogP contribution in [0.2, 0.25) is 5.02 Å². The summed E-state index contributed by atoms with van der Waals surface area (Å²) in [5.41, 5.74) is 3.02. The first-order chi connectivity index (χ1) is 12.6. The lowest BCUT2D eigenvalue weighted by Crippen LogP contribution is -2.47. The lowest BCUT2D eigenvalue weighted by atomic mass is 9.94. The van der Waals surface area contributed by atoms with Gasteiger partial charge in [-0.2, -0.15) is 0 Å². The summed E-state index contributed by atoms with van der Waals surface area (Å²) < 4.78 is 0. The smallest absolute Gasteiger partial charge is 0.254 e. The molecule has 136 valence electrons. The van der Waals surface area contributed by atoms with Crippen LogP contribution in [-0.2, 0) is 6.54 Å². The fraction of sp³-hybridized carbons (Fsp3) is 0.429. The summed E-state index contributed by atoms with van der Waals surface area (Å²) in [6.07, 6.45) is 6.00. The second-order valence-electron chi connectivity index (χ2n) is 7.56. The Balaban J connectivity index is 1.52. The van der Waals surface area contributed by atoms with E-state index in [0.29, 0.717) is 10.9 Å². The molecule has 5 heteroatoms. The van der Waals surface area contributed by atoms with Crippen LogP contribution in [0.1, 0.15) is 34.3 Å². The minimum atomic E-state index is 0.152. The summed E-state index contributed by atoms with van der Waals surface area (Å²) in [6.45, 7) is 5.75. The van der Waals surface area contributed by atoms with Crippen molar-refractivity contribution in [2.75, 3.05) is 19.6 Å². The van der Waals surface area contributed by atoms with E-state index in [-0.39, 0.29) is 11.9 Å². The number of halogens is 1. The number of nitrogens with zero attached hydrogens (tertiary/aromatic N) is 3. The zero-order valence-electron chi connectivity index (χ0n) is 15.1. The van der Waals surface area contributed by atoms with Gasteiger partial charge in [-0.05, 0) is 67.1 Å². The Morgan fingerprint density at radius 1 is 1.15 bits per heavy atom. The van der Waals surface area contributed by atoms with Gasteiger partial charge in [0.25, 0.3) is 5.91 Å². The molecule has 1 aromatic carbocycles. The first-order valence-electron chi connectivity index (χ1n) is 9.28. The Morgan fingerprint density at radius 3 is 2.73 bits per heavy atom. The first-order valence-corrected chi connectivity index (χ1v) is 9.66. The Labute approximate surface area is 159 Å². The summed E-state index contributed by atoms with van der Waals surface area (Å²) in [6, 6.07) is 10.00. The molecule has 26 heavy (non-hydrogen) atoms. The van der Waals surface area contributed by atoms with Crippen LogP contribution in [0, 0.1) is 12.8 Å². The molecule has 0 N–H and O–H groups in total. The molecular formula is C21H24ClN3O. The number of piperidine rings is 1. The average molecular weight is 370 g/mol. The van der Waals surface area contributed by atoms with Gasteiger partial charge in [0.2, 0.25) is 0 Å². The van der Waals surface area contributed by atoms with Gasteiger partial charge < -0.3 is 4.90 Å². The number of benzene rings is 1. The molecule has 3 saturated heterocycles. The predicted octanol–water partition coefficient (Wildman–Crippen LogP) is 3.78. The molecule has 4 nitrogen and oxygen atoms in total. The van der Waals surface area contributed by atoms with Crippen LogP contribution in [0.25, 0.3) is 0 Å². The zero-order chi connectivity index (χ0) is 18.1. The Morgan fingerprint density at radius 2 is 1.96 bits per heavy atom. The average Bonchev–Trinajstić information content (AvgIpc) is 2.92.